The van der Waals surface area contributed by atoms with Crippen LogP contribution >= 0.6 is 0 Å². The molecular weight excluding hydrogens is 226 g/mol. The molecule has 0 spiro atoms. The molecule has 1 aromatic heterocycles. The molecule has 3 aromatic rings. The van der Waals surface area contributed by atoms with Crippen molar-refractivity contribution in [2.45, 2.75) is 0 Å². The number of methoxy groups -OCH3 is 1. The van der Waals surface area contributed by atoms with Gasteiger partial charge in [0.1, 0.15) is 11.4 Å². The van der Waals surface area contributed by atoms with Crippen LogP contribution in [0.25, 0.3) is 22.2 Å². The Balaban J connectivity index is 2.21. The Labute approximate surface area is 104 Å². The van der Waals surface area contributed by atoms with Gasteiger partial charge in [-0.2, -0.15) is 5.10 Å². The summed E-state index contributed by atoms with van der Waals surface area (Å²) in [7, 11) is 1.65. The fourth-order valence-corrected chi connectivity index (χ4v) is 2.02. The second-order valence-corrected chi connectivity index (χ2v) is 4.11. The number of ether oxygens (including phenoxy) is 1. The van der Waals surface area contributed by atoms with E-state index in [-0.39, 0.29) is 0 Å². The van der Waals surface area contributed by atoms with Gasteiger partial charge in [0.2, 0.25) is 0 Å². The van der Waals surface area contributed by atoms with Crippen LogP contribution in [0.5, 0.6) is 5.75 Å². The number of aromatic nitrogens is 2. The highest BCUT2D eigenvalue weighted by molar-refractivity contribution is 5.94. The van der Waals surface area contributed by atoms with Gasteiger partial charge in [0, 0.05) is 16.6 Å². The number of nitrogen functional groups attached to an aromatic ring is 1. The van der Waals surface area contributed by atoms with Gasteiger partial charge in [0.05, 0.1) is 12.6 Å². The van der Waals surface area contributed by atoms with Gasteiger partial charge in [0.15, 0.2) is 0 Å². The van der Waals surface area contributed by atoms with Crippen LogP contribution in [0.4, 0.5) is 5.69 Å². The Hall–Kier alpha value is -2.49. The first-order valence-corrected chi connectivity index (χ1v) is 5.66. The molecule has 0 saturated carbocycles. The highest BCUT2D eigenvalue weighted by Gasteiger charge is 2.08. The van der Waals surface area contributed by atoms with Crippen LogP contribution in [0.15, 0.2) is 42.5 Å². The van der Waals surface area contributed by atoms with Crippen LogP contribution in [-0.4, -0.2) is 17.3 Å². The predicted octanol–water partition coefficient (Wildman–Crippen LogP) is 2.82. The summed E-state index contributed by atoms with van der Waals surface area (Å²) in [5.74, 6) is 0.813. The summed E-state index contributed by atoms with van der Waals surface area (Å²) in [6.07, 6.45) is 0. The van der Waals surface area contributed by atoms with E-state index in [4.69, 9.17) is 10.5 Å². The molecule has 1 heterocycles. The van der Waals surface area contributed by atoms with Crippen LogP contribution in [0.1, 0.15) is 0 Å². The van der Waals surface area contributed by atoms with Crippen molar-refractivity contribution < 1.29 is 4.74 Å². The van der Waals surface area contributed by atoms with Gasteiger partial charge in [-0.3, -0.25) is 5.10 Å². The topological polar surface area (TPSA) is 63.9 Å². The third-order valence-corrected chi connectivity index (χ3v) is 2.93. The number of benzene rings is 2. The zero-order valence-corrected chi connectivity index (χ0v) is 9.97. The van der Waals surface area contributed by atoms with Crippen molar-refractivity contribution in [3.8, 4) is 17.0 Å². The molecule has 3 rings (SSSR count). The molecule has 0 unspecified atom stereocenters. The largest absolute Gasteiger partial charge is 0.497 e. The lowest BCUT2D eigenvalue weighted by Gasteiger charge is -2.02. The van der Waals surface area contributed by atoms with E-state index in [9.17, 15) is 0 Å². The van der Waals surface area contributed by atoms with Gasteiger partial charge in [-0.15, -0.1) is 0 Å². The molecule has 18 heavy (non-hydrogen) atoms. The average Bonchev–Trinajstić information content (AvgIpc) is 2.81. The first-order chi connectivity index (χ1) is 8.78. The van der Waals surface area contributed by atoms with Gasteiger partial charge in [-0.05, 0) is 30.3 Å². The SMILES string of the molecule is COc1cccc(-c2n[nH]c3ccc(N)cc23)c1. The van der Waals surface area contributed by atoms with Crippen LogP contribution in [0.3, 0.4) is 0 Å². The van der Waals surface area contributed by atoms with E-state index in [0.29, 0.717) is 0 Å². The van der Waals surface area contributed by atoms with Crippen molar-refractivity contribution in [1.29, 1.82) is 0 Å². The highest BCUT2D eigenvalue weighted by Crippen LogP contribution is 2.29. The number of anilines is 1. The molecule has 0 fully saturated rings. The number of H-pyrrole nitrogens is 1. The number of rotatable bonds is 2. The quantitative estimate of drug-likeness (QED) is 0.676. The fourth-order valence-electron chi connectivity index (χ4n) is 2.02. The molecule has 3 N–H and O–H groups in total. The molecule has 0 amide bonds. The minimum absolute atomic E-state index is 0.730. The smallest absolute Gasteiger partial charge is 0.119 e. The lowest BCUT2D eigenvalue weighted by molar-refractivity contribution is 0.415. The van der Waals surface area contributed by atoms with E-state index in [2.05, 4.69) is 10.2 Å². The summed E-state index contributed by atoms with van der Waals surface area (Å²) >= 11 is 0. The normalized spacial score (nSPS) is 10.7. The Morgan fingerprint density at radius 3 is 2.89 bits per heavy atom. The standard InChI is InChI=1S/C14H13N3O/c1-18-11-4-2-3-9(7-11)14-12-8-10(15)5-6-13(12)16-17-14/h2-8H,15H2,1H3,(H,16,17). The maximum Gasteiger partial charge on any atom is 0.119 e. The van der Waals surface area contributed by atoms with E-state index in [1.54, 1.807) is 7.11 Å². The third-order valence-electron chi connectivity index (χ3n) is 2.93. The molecule has 0 saturated heterocycles. The maximum atomic E-state index is 5.82. The summed E-state index contributed by atoms with van der Waals surface area (Å²) in [5, 5.41) is 8.37. The summed E-state index contributed by atoms with van der Waals surface area (Å²) in [5.41, 5.74) is 9.41. The zero-order chi connectivity index (χ0) is 12.5. The van der Waals surface area contributed by atoms with Gasteiger partial charge in [0.25, 0.3) is 0 Å². The predicted molar refractivity (Wildman–Crippen MR) is 72.5 cm³/mol. The molecule has 0 aliphatic carbocycles. The average molecular weight is 239 g/mol. The number of hydrogen-bond donors (Lipinski definition) is 2. The monoisotopic (exact) mass is 239 g/mol. The first kappa shape index (κ1) is 10.7. The van der Waals surface area contributed by atoms with Crippen molar-refractivity contribution in [2.24, 2.45) is 0 Å². The lowest BCUT2D eigenvalue weighted by Crippen LogP contribution is -1.85. The number of nitrogens with two attached hydrogens (primary N) is 1. The molecule has 0 radical (unpaired) electrons. The third kappa shape index (κ3) is 1.68. The molecule has 0 atom stereocenters. The summed E-state index contributed by atoms with van der Waals surface area (Å²) < 4.78 is 5.23. The number of hydrogen-bond acceptors (Lipinski definition) is 3. The molecule has 4 nitrogen and oxygen atoms in total. The van der Waals surface area contributed by atoms with E-state index >= 15 is 0 Å². The number of nitrogens with one attached hydrogen (secondary N) is 1. The summed E-state index contributed by atoms with van der Waals surface area (Å²) in [6.45, 7) is 0. The van der Waals surface area contributed by atoms with Crippen molar-refractivity contribution in [3.63, 3.8) is 0 Å². The second-order valence-electron chi connectivity index (χ2n) is 4.11. The molecule has 0 aliphatic rings. The van der Waals surface area contributed by atoms with Gasteiger partial charge < -0.3 is 10.5 Å². The van der Waals surface area contributed by atoms with Crippen molar-refractivity contribution in [3.05, 3.63) is 42.5 Å². The van der Waals surface area contributed by atoms with Gasteiger partial charge in [-0.25, -0.2) is 0 Å². The molecule has 0 bridgehead atoms. The zero-order valence-electron chi connectivity index (χ0n) is 9.97. The van der Waals surface area contributed by atoms with Crippen molar-refractivity contribution in [2.75, 3.05) is 12.8 Å². The molecule has 2 aromatic carbocycles. The maximum absolute atomic E-state index is 5.82. The van der Waals surface area contributed by atoms with Gasteiger partial charge >= 0.3 is 0 Å². The van der Waals surface area contributed by atoms with E-state index in [1.807, 2.05) is 42.5 Å². The molecule has 0 aliphatic heterocycles. The fraction of sp³-hybridized carbons (Fsp3) is 0.0714. The Bertz CT molecular complexity index is 703. The van der Waals surface area contributed by atoms with E-state index in [0.717, 1.165) is 33.6 Å². The highest BCUT2D eigenvalue weighted by atomic mass is 16.5. The summed E-state index contributed by atoms with van der Waals surface area (Å²) in [4.78, 5) is 0. The lowest BCUT2D eigenvalue weighted by atomic mass is 10.1. The van der Waals surface area contributed by atoms with E-state index in [1.165, 1.54) is 0 Å². The number of aromatic amines is 1. The Morgan fingerprint density at radius 1 is 1.17 bits per heavy atom. The van der Waals surface area contributed by atoms with Crippen LogP contribution in [0, 0.1) is 0 Å². The van der Waals surface area contributed by atoms with Gasteiger partial charge in [-0.1, -0.05) is 12.1 Å². The molecule has 4 heteroatoms. The van der Waals surface area contributed by atoms with Crippen LogP contribution in [-0.2, 0) is 0 Å². The Morgan fingerprint density at radius 2 is 2.06 bits per heavy atom. The second kappa shape index (κ2) is 4.07. The van der Waals surface area contributed by atoms with Crippen LogP contribution in [0.2, 0.25) is 0 Å². The minimum atomic E-state index is 0.730. The Kier molecular flexibility index (Phi) is 2.41. The summed E-state index contributed by atoms with van der Waals surface area (Å²) in [6, 6.07) is 13.5. The molecule has 90 valence electrons. The van der Waals surface area contributed by atoms with E-state index < -0.39 is 0 Å². The van der Waals surface area contributed by atoms with Crippen molar-refractivity contribution in [1.82, 2.24) is 10.2 Å². The minimum Gasteiger partial charge on any atom is -0.497 e. The first-order valence-electron chi connectivity index (χ1n) is 5.66. The van der Waals surface area contributed by atoms with Crippen LogP contribution < -0.4 is 10.5 Å². The number of nitrogens with zero attached hydrogens (tertiary/aromatic N) is 1. The number of fused-ring (bicyclic) bond motifs is 1. The van der Waals surface area contributed by atoms with Crippen molar-refractivity contribution >= 4 is 16.6 Å². The molecular formula is C14H13N3O.